The van der Waals surface area contributed by atoms with Gasteiger partial charge in [-0.15, -0.1) is 0 Å². The van der Waals surface area contributed by atoms with Gasteiger partial charge in [-0.2, -0.15) is 5.10 Å². The fourth-order valence-electron chi connectivity index (χ4n) is 2.05. The van der Waals surface area contributed by atoms with Crippen LogP contribution in [0.3, 0.4) is 0 Å². The summed E-state index contributed by atoms with van der Waals surface area (Å²) in [7, 11) is 5.12. The van der Waals surface area contributed by atoms with E-state index in [0.29, 0.717) is 23.2 Å². The van der Waals surface area contributed by atoms with E-state index in [4.69, 9.17) is 21.7 Å². The van der Waals surface area contributed by atoms with Crippen molar-refractivity contribution in [2.24, 2.45) is 7.05 Å². The number of hydrogen-bond acceptors (Lipinski definition) is 4. The van der Waals surface area contributed by atoms with Gasteiger partial charge in [0.25, 0.3) is 0 Å². The number of rotatable bonds is 5. The Bertz CT molecular complexity index is 647. The highest BCUT2D eigenvalue weighted by Gasteiger charge is 2.06. The lowest BCUT2D eigenvalue weighted by atomic mass is 10.2. The second-order valence-electron chi connectivity index (χ2n) is 4.82. The number of nitrogens with one attached hydrogen (secondary N) is 2. The Balaban J connectivity index is 1.98. The van der Waals surface area contributed by atoms with Crippen LogP contribution >= 0.6 is 12.2 Å². The Morgan fingerprint density at radius 1 is 1.23 bits per heavy atom. The van der Waals surface area contributed by atoms with Crippen LogP contribution in [-0.2, 0) is 13.6 Å². The molecule has 0 saturated carbocycles. The molecule has 1 heterocycles. The van der Waals surface area contributed by atoms with Gasteiger partial charge >= 0.3 is 0 Å². The molecule has 2 N–H and O–H groups in total. The molecule has 22 heavy (non-hydrogen) atoms. The van der Waals surface area contributed by atoms with Crippen LogP contribution in [0.15, 0.2) is 24.4 Å². The molecule has 0 amide bonds. The van der Waals surface area contributed by atoms with Gasteiger partial charge in [-0.3, -0.25) is 4.68 Å². The normalized spacial score (nSPS) is 10.2. The van der Waals surface area contributed by atoms with Gasteiger partial charge in [0.15, 0.2) is 5.11 Å². The van der Waals surface area contributed by atoms with E-state index in [0.717, 1.165) is 16.9 Å². The first-order valence-corrected chi connectivity index (χ1v) is 7.19. The monoisotopic (exact) mass is 320 g/mol. The molecule has 0 fully saturated rings. The van der Waals surface area contributed by atoms with Crippen LogP contribution in [0.1, 0.15) is 11.3 Å². The van der Waals surface area contributed by atoms with Gasteiger partial charge in [0, 0.05) is 49.2 Å². The second kappa shape index (κ2) is 7.13. The van der Waals surface area contributed by atoms with E-state index in [-0.39, 0.29) is 0 Å². The summed E-state index contributed by atoms with van der Waals surface area (Å²) in [6.45, 7) is 2.59. The maximum absolute atomic E-state index is 5.31. The van der Waals surface area contributed by atoms with Crippen molar-refractivity contribution in [3.63, 3.8) is 0 Å². The Labute approximate surface area is 135 Å². The van der Waals surface area contributed by atoms with Gasteiger partial charge in [0.05, 0.1) is 19.9 Å². The molecule has 1 aromatic carbocycles. The zero-order valence-corrected chi connectivity index (χ0v) is 14.0. The maximum Gasteiger partial charge on any atom is 0.171 e. The van der Waals surface area contributed by atoms with Crippen LogP contribution in [0, 0.1) is 6.92 Å². The summed E-state index contributed by atoms with van der Waals surface area (Å²) in [5.74, 6) is 1.40. The zero-order chi connectivity index (χ0) is 16.1. The molecule has 0 aliphatic heterocycles. The van der Waals surface area contributed by atoms with Crippen LogP contribution < -0.4 is 20.1 Å². The third kappa shape index (κ3) is 4.11. The van der Waals surface area contributed by atoms with Gasteiger partial charge in [0.1, 0.15) is 11.5 Å². The standard InChI is InChI=1S/C15H20N4O2S/c1-10-11(9-19(2)18-10)8-16-15(22)17-12-5-13(20-3)7-14(6-12)21-4/h5-7,9H,8H2,1-4H3,(H2,16,17,22). The van der Waals surface area contributed by atoms with E-state index in [1.54, 1.807) is 25.0 Å². The average Bonchev–Trinajstić information content (AvgIpc) is 2.82. The number of aryl methyl sites for hydroxylation is 2. The van der Waals surface area contributed by atoms with Crippen molar-refractivity contribution in [3.8, 4) is 11.5 Å². The van der Waals surface area contributed by atoms with Crippen LogP contribution in [0.4, 0.5) is 5.69 Å². The van der Waals surface area contributed by atoms with Crippen molar-refractivity contribution in [2.45, 2.75) is 13.5 Å². The van der Waals surface area contributed by atoms with E-state index in [1.807, 2.05) is 32.3 Å². The highest BCUT2D eigenvalue weighted by Crippen LogP contribution is 2.25. The lowest BCUT2D eigenvalue weighted by molar-refractivity contribution is 0.395. The van der Waals surface area contributed by atoms with Gasteiger partial charge in [-0.05, 0) is 19.1 Å². The lowest BCUT2D eigenvalue weighted by Gasteiger charge is -2.12. The fraction of sp³-hybridized carbons (Fsp3) is 0.333. The molecular formula is C15H20N4O2S. The molecule has 0 aliphatic carbocycles. The minimum atomic E-state index is 0.526. The van der Waals surface area contributed by atoms with E-state index < -0.39 is 0 Å². The predicted molar refractivity (Wildman–Crippen MR) is 90.6 cm³/mol. The summed E-state index contributed by atoms with van der Waals surface area (Å²) in [4.78, 5) is 0. The first-order chi connectivity index (χ1) is 10.5. The van der Waals surface area contributed by atoms with Crippen molar-refractivity contribution < 1.29 is 9.47 Å². The molecule has 118 valence electrons. The number of nitrogens with zero attached hydrogens (tertiary/aromatic N) is 2. The molecular weight excluding hydrogens is 300 g/mol. The van der Waals surface area contributed by atoms with E-state index in [1.165, 1.54) is 0 Å². The van der Waals surface area contributed by atoms with Crippen LogP contribution in [-0.4, -0.2) is 29.1 Å². The molecule has 7 heteroatoms. The molecule has 0 aliphatic rings. The highest BCUT2D eigenvalue weighted by atomic mass is 32.1. The molecule has 0 unspecified atom stereocenters. The van der Waals surface area contributed by atoms with E-state index in [9.17, 15) is 0 Å². The molecule has 0 radical (unpaired) electrons. The minimum absolute atomic E-state index is 0.526. The van der Waals surface area contributed by atoms with E-state index in [2.05, 4.69) is 15.7 Å². The first kappa shape index (κ1) is 16.1. The maximum atomic E-state index is 5.31. The van der Waals surface area contributed by atoms with Gasteiger partial charge in [-0.1, -0.05) is 0 Å². The fourth-order valence-corrected chi connectivity index (χ4v) is 2.24. The summed E-state index contributed by atoms with van der Waals surface area (Å²) in [6, 6.07) is 5.51. The molecule has 0 saturated heterocycles. The minimum Gasteiger partial charge on any atom is -0.497 e. The number of hydrogen-bond donors (Lipinski definition) is 2. The van der Waals surface area contributed by atoms with E-state index >= 15 is 0 Å². The molecule has 6 nitrogen and oxygen atoms in total. The SMILES string of the molecule is COc1cc(NC(=S)NCc2cn(C)nc2C)cc(OC)c1. The first-order valence-electron chi connectivity index (χ1n) is 6.79. The third-order valence-corrected chi connectivity index (χ3v) is 3.41. The summed E-state index contributed by atoms with van der Waals surface area (Å²) in [5.41, 5.74) is 2.90. The smallest absolute Gasteiger partial charge is 0.171 e. The molecule has 0 spiro atoms. The Morgan fingerprint density at radius 2 is 1.86 bits per heavy atom. The van der Waals surface area contributed by atoms with Crippen LogP contribution in [0.25, 0.3) is 0 Å². The largest absolute Gasteiger partial charge is 0.497 e. The number of methoxy groups -OCH3 is 2. The summed E-state index contributed by atoms with van der Waals surface area (Å²) in [6.07, 6.45) is 1.97. The van der Waals surface area contributed by atoms with Crippen LogP contribution in [0.5, 0.6) is 11.5 Å². The van der Waals surface area contributed by atoms with Crippen molar-refractivity contribution in [3.05, 3.63) is 35.7 Å². The van der Waals surface area contributed by atoms with Gasteiger partial charge in [-0.25, -0.2) is 0 Å². The summed E-state index contributed by atoms with van der Waals surface area (Å²) >= 11 is 5.31. The number of anilines is 1. The molecule has 0 bridgehead atoms. The molecule has 0 atom stereocenters. The third-order valence-electron chi connectivity index (χ3n) is 3.16. The van der Waals surface area contributed by atoms with Crippen molar-refractivity contribution in [2.75, 3.05) is 19.5 Å². The average molecular weight is 320 g/mol. The van der Waals surface area contributed by atoms with Crippen molar-refractivity contribution in [1.29, 1.82) is 0 Å². The summed E-state index contributed by atoms with van der Waals surface area (Å²) < 4.78 is 12.3. The molecule has 2 rings (SSSR count). The Kier molecular flexibility index (Phi) is 5.21. The van der Waals surface area contributed by atoms with Gasteiger partial charge < -0.3 is 20.1 Å². The molecule has 2 aromatic rings. The summed E-state index contributed by atoms with van der Waals surface area (Å²) in [5, 5.41) is 11.1. The quantitative estimate of drug-likeness (QED) is 0.824. The number of benzene rings is 1. The predicted octanol–water partition coefficient (Wildman–Crippen LogP) is 2.23. The molecule has 1 aromatic heterocycles. The van der Waals surface area contributed by atoms with Crippen LogP contribution in [0.2, 0.25) is 0 Å². The Hall–Kier alpha value is -2.28. The number of ether oxygens (including phenoxy) is 2. The zero-order valence-electron chi connectivity index (χ0n) is 13.1. The number of thiocarbonyl (C=S) groups is 1. The number of aromatic nitrogens is 2. The second-order valence-corrected chi connectivity index (χ2v) is 5.23. The van der Waals surface area contributed by atoms with Crippen molar-refractivity contribution in [1.82, 2.24) is 15.1 Å². The topological polar surface area (TPSA) is 60.3 Å². The van der Waals surface area contributed by atoms with Gasteiger partial charge in [0.2, 0.25) is 0 Å². The highest BCUT2D eigenvalue weighted by molar-refractivity contribution is 7.80. The Morgan fingerprint density at radius 3 is 2.36 bits per heavy atom. The lowest BCUT2D eigenvalue weighted by Crippen LogP contribution is -2.28. The van der Waals surface area contributed by atoms with Crippen molar-refractivity contribution >= 4 is 23.0 Å².